The molecule has 0 unspecified atom stereocenters. The average molecular weight is 252 g/mol. The predicted molar refractivity (Wildman–Crippen MR) is 60.7 cm³/mol. The number of aromatic nitrogens is 6. The minimum atomic E-state index is -0.0450. The van der Waals surface area contributed by atoms with Crippen molar-refractivity contribution in [2.24, 2.45) is 7.05 Å². The molecular formula is C9H12N6OS. The summed E-state index contributed by atoms with van der Waals surface area (Å²) < 4.78 is 3.82. The third-order valence-electron chi connectivity index (χ3n) is 2.16. The molecule has 0 N–H and O–H groups in total. The van der Waals surface area contributed by atoms with Crippen molar-refractivity contribution in [3.8, 4) is 0 Å². The number of ketones is 1. The van der Waals surface area contributed by atoms with E-state index in [1.165, 1.54) is 4.80 Å². The zero-order chi connectivity index (χ0) is 12.3. The lowest BCUT2D eigenvalue weighted by molar-refractivity contribution is 0.0993. The molecule has 0 atom stereocenters. The van der Waals surface area contributed by atoms with Gasteiger partial charge in [-0.05, 0) is 23.2 Å². The lowest BCUT2D eigenvalue weighted by Crippen LogP contribution is -2.06. The van der Waals surface area contributed by atoms with Gasteiger partial charge in [-0.25, -0.2) is 0 Å². The summed E-state index contributed by atoms with van der Waals surface area (Å²) in [7, 11) is 1.66. The summed E-state index contributed by atoms with van der Waals surface area (Å²) in [5.74, 6) is 0.379. The van der Waals surface area contributed by atoms with Gasteiger partial charge in [-0.2, -0.15) is 4.80 Å². The van der Waals surface area contributed by atoms with E-state index in [0.29, 0.717) is 10.7 Å². The molecule has 0 radical (unpaired) electrons. The second-order valence-electron chi connectivity index (χ2n) is 3.59. The molecule has 7 nitrogen and oxygen atoms in total. The Morgan fingerprint density at radius 3 is 2.88 bits per heavy atom. The highest BCUT2D eigenvalue weighted by molar-refractivity contribution is 7.08. The minimum absolute atomic E-state index is 0.0450. The van der Waals surface area contributed by atoms with Crippen LogP contribution in [0.3, 0.4) is 0 Å². The molecule has 17 heavy (non-hydrogen) atoms. The van der Waals surface area contributed by atoms with Gasteiger partial charge in [-0.1, -0.05) is 17.8 Å². The Hall–Kier alpha value is -1.70. The summed E-state index contributed by atoms with van der Waals surface area (Å²) in [5, 5.41) is 15.4. The Morgan fingerprint density at radius 2 is 2.24 bits per heavy atom. The van der Waals surface area contributed by atoms with Crippen LogP contribution in [0.2, 0.25) is 0 Å². The second kappa shape index (κ2) is 5.09. The van der Waals surface area contributed by atoms with E-state index in [-0.39, 0.29) is 12.2 Å². The van der Waals surface area contributed by atoms with Gasteiger partial charge in [0.05, 0.1) is 19.2 Å². The minimum Gasteiger partial charge on any atom is -0.293 e. The molecule has 0 aliphatic carbocycles. The number of hydrogen-bond acceptors (Lipinski definition) is 7. The largest absolute Gasteiger partial charge is 0.293 e. The first-order chi connectivity index (χ1) is 8.20. The van der Waals surface area contributed by atoms with Crippen LogP contribution in [0, 0.1) is 0 Å². The molecule has 0 amide bonds. The monoisotopic (exact) mass is 252 g/mol. The summed E-state index contributed by atoms with van der Waals surface area (Å²) in [6.45, 7) is 2.04. The molecular weight excluding hydrogens is 240 g/mol. The Kier molecular flexibility index (Phi) is 3.52. The van der Waals surface area contributed by atoms with Crippen molar-refractivity contribution in [3.63, 3.8) is 0 Å². The summed E-state index contributed by atoms with van der Waals surface area (Å²) in [6.07, 6.45) is 1.86. The third kappa shape index (κ3) is 2.70. The maximum Gasteiger partial charge on any atom is 0.184 e. The molecule has 0 saturated heterocycles. The van der Waals surface area contributed by atoms with Crippen LogP contribution in [-0.2, 0) is 19.9 Å². The molecule has 0 aliphatic rings. The molecule has 2 rings (SSSR count). The van der Waals surface area contributed by atoms with Gasteiger partial charge in [0.15, 0.2) is 11.6 Å². The molecule has 2 heterocycles. The first-order valence-corrected chi connectivity index (χ1v) is 6.05. The van der Waals surface area contributed by atoms with Crippen molar-refractivity contribution in [2.75, 3.05) is 0 Å². The van der Waals surface area contributed by atoms with Crippen LogP contribution in [0.25, 0.3) is 0 Å². The van der Waals surface area contributed by atoms with Gasteiger partial charge >= 0.3 is 0 Å². The maximum absolute atomic E-state index is 12.0. The number of aryl methyl sites for hydroxylation is 2. The Morgan fingerprint density at radius 1 is 1.41 bits per heavy atom. The molecule has 2 aromatic heterocycles. The Balaban J connectivity index is 2.11. The topological polar surface area (TPSA) is 86.5 Å². The van der Waals surface area contributed by atoms with Crippen LogP contribution in [0.4, 0.5) is 0 Å². The van der Waals surface area contributed by atoms with Gasteiger partial charge in [-0.15, -0.1) is 15.3 Å². The number of hydrogen-bond donors (Lipinski definition) is 0. The van der Waals surface area contributed by atoms with E-state index in [0.717, 1.165) is 30.1 Å². The van der Waals surface area contributed by atoms with E-state index in [9.17, 15) is 4.79 Å². The fourth-order valence-electron chi connectivity index (χ4n) is 1.44. The van der Waals surface area contributed by atoms with Crippen molar-refractivity contribution in [2.45, 2.75) is 26.2 Å². The molecule has 0 fully saturated rings. The molecule has 0 bridgehead atoms. The van der Waals surface area contributed by atoms with Crippen LogP contribution < -0.4 is 0 Å². The van der Waals surface area contributed by atoms with Crippen molar-refractivity contribution in [1.29, 1.82) is 0 Å². The van der Waals surface area contributed by atoms with Crippen LogP contribution >= 0.6 is 11.5 Å². The van der Waals surface area contributed by atoms with E-state index in [1.807, 2.05) is 6.92 Å². The highest BCUT2D eigenvalue weighted by Crippen LogP contribution is 2.14. The molecule has 0 aromatic carbocycles. The van der Waals surface area contributed by atoms with Gasteiger partial charge in [0, 0.05) is 0 Å². The lowest BCUT2D eigenvalue weighted by Gasteiger charge is -1.96. The fraction of sp³-hybridized carbons (Fsp3) is 0.556. The highest BCUT2D eigenvalue weighted by atomic mass is 32.1. The number of carbonyl (C=O) groups is 1. The third-order valence-corrected chi connectivity index (χ3v) is 2.97. The van der Waals surface area contributed by atoms with E-state index in [1.54, 1.807) is 7.05 Å². The SMILES string of the molecule is CCCc1nnsc1C(=O)Cc1nnn(C)n1. The van der Waals surface area contributed by atoms with Crippen LogP contribution in [-0.4, -0.2) is 35.6 Å². The lowest BCUT2D eigenvalue weighted by atomic mass is 10.1. The van der Waals surface area contributed by atoms with Crippen LogP contribution in [0.15, 0.2) is 0 Å². The second-order valence-corrected chi connectivity index (χ2v) is 4.35. The first kappa shape index (κ1) is 11.8. The van der Waals surface area contributed by atoms with Crippen molar-refractivity contribution >= 4 is 17.3 Å². The maximum atomic E-state index is 12.0. The summed E-state index contributed by atoms with van der Waals surface area (Å²) in [5.41, 5.74) is 0.770. The standard InChI is InChI=1S/C9H12N6OS/c1-3-4-6-9(17-14-10-6)7(16)5-8-11-13-15(2)12-8/h3-5H2,1-2H3. The van der Waals surface area contributed by atoms with E-state index in [4.69, 9.17) is 0 Å². The average Bonchev–Trinajstić information content (AvgIpc) is 2.88. The molecule has 0 aliphatic heterocycles. The van der Waals surface area contributed by atoms with Crippen molar-refractivity contribution < 1.29 is 4.79 Å². The van der Waals surface area contributed by atoms with Gasteiger partial charge < -0.3 is 0 Å². The molecule has 90 valence electrons. The molecule has 2 aromatic rings. The summed E-state index contributed by atoms with van der Waals surface area (Å²) >= 11 is 1.13. The normalized spacial score (nSPS) is 10.7. The summed E-state index contributed by atoms with van der Waals surface area (Å²) in [4.78, 5) is 13.9. The predicted octanol–water partition coefficient (Wildman–Crippen LogP) is 0.440. The quantitative estimate of drug-likeness (QED) is 0.718. The van der Waals surface area contributed by atoms with Crippen molar-refractivity contribution in [1.82, 2.24) is 29.8 Å². The summed E-state index contributed by atoms with van der Waals surface area (Å²) in [6, 6.07) is 0. The zero-order valence-electron chi connectivity index (χ0n) is 9.62. The number of nitrogens with zero attached hydrogens (tertiary/aromatic N) is 6. The van der Waals surface area contributed by atoms with E-state index >= 15 is 0 Å². The van der Waals surface area contributed by atoms with Crippen LogP contribution in [0.1, 0.15) is 34.5 Å². The van der Waals surface area contributed by atoms with Gasteiger partial charge in [0.2, 0.25) is 0 Å². The van der Waals surface area contributed by atoms with Gasteiger partial charge in [0.25, 0.3) is 0 Å². The molecule has 8 heteroatoms. The van der Waals surface area contributed by atoms with Crippen molar-refractivity contribution in [3.05, 3.63) is 16.4 Å². The fourth-order valence-corrected chi connectivity index (χ4v) is 2.08. The van der Waals surface area contributed by atoms with Gasteiger partial charge in [0.1, 0.15) is 4.88 Å². The van der Waals surface area contributed by atoms with Gasteiger partial charge in [-0.3, -0.25) is 4.79 Å². The van der Waals surface area contributed by atoms with Crippen LogP contribution in [0.5, 0.6) is 0 Å². The molecule has 0 spiro atoms. The molecule has 0 saturated carbocycles. The Bertz CT molecular complexity index is 519. The number of carbonyl (C=O) groups excluding carboxylic acids is 1. The number of tetrazole rings is 1. The smallest absolute Gasteiger partial charge is 0.184 e. The number of rotatable bonds is 5. The zero-order valence-corrected chi connectivity index (χ0v) is 10.4. The number of Topliss-reactive ketones (excluding diaryl/α,β-unsaturated/α-hetero) is 1. The van der Waals surface area contributed by atoms with E-state index in [2.05, 4.69) is 25.0 Å². The highest BCUT2D eigenvalue weighted by Gasteiger charge is 2.17. The van der Waals surface area contributed by atoms with E-state index < -0.39 is 0 Å². The first-order valence-electron chi connectivity index (χ1n) is 5.28. The Labute approximate surface area is 102 Å².